The van der Waals surface area contributed by atoms with Crippen molar-refractivity contribution in [2.24, 2.45) is 5.10 Å². The summed E-state index contributed by atoms with van der Waals surface area (Å²) in [4.78, 5) is 33.8. The van der Waals surface area contributed by atoms with E-state index in [2.05, 4.69) is 71.2 Å². The fourth-order valence-corrected chi connectivity index (χ4v) is 5.98. The van der Waals surface area contributed by atoms with E-state index in [-0.39, 0.29) is 11.8 Å². The highest BCUT2D eigenvalue weighted by Crippen LogP contribution is 2.28. The molecule has 2 amide bonds. The summed E-state index contributed by atoms with van der Waals surface area (Å²) in [7, 11) is 0. The van der Waals surface area contributed by atoms with Crippen LogP contribution in [0.25, 0.3) is 0 Å². The molecule has 44 heavy (non-hydrogen) atoms. The zero-order valence-corrected chi connectivity index (χ0v) is 28.4. The van der Waals surface area contributed by atoms with E-state index < -0.39 is 0 Å². The quantitative estimate of drug-likeness (QED) is 0.140. The summed E-state index contributed by atoms with van der Waals surface area (Å²) in [6, 6.07) is 13.8. The van der Waals surface area contributed by atoms with E-state index in [9.17, 15) is 9.59 Å². The van der Waals surface area contributed by atoms with Crippen LogP contribution >= 0.6 is 11.3 Å². The fraction of sp³-hybridized carbons (Fsp3) is 0.457. The topological polar surface area (TPSA) is 80.3 Å². The minimum Gasteiger partial charge on any atom is -0.313 e. The van der Waals surface area contributed by atoms with Gasteiger partial charge < -0.3 is 15.1 Å². The molecular weight excluding hydrogens is 568 g/mol. The van der Waals surface area contributed by atoms with Crippen molar-refractivity contribution in [1.82, 2.24) is 20.1 Å². The van der Waals surface area contributed by atoms with Gasteiger partial charge in [-0.1, -0.05) is 58.0 Å². The largest absolute Gasteiger partial charge is 0.313 e. The van der Waals surface area contributed by atoms with Crippen LogP contribution in [-0.4, -0.2) is 85.1 Å². The van der Waals surface area contributed by atoms with Crippen LogP contribution in [0.15, 0.2) is 52.9 Å². The maximum absolute atomic E-state index is 13.4. The molecule has 0 aliphatic rings. The van der Waals surface area contributed by atoms with Crippen LogP contribution < -0.4 is 10.7 Å². The third kappa shape index (κ3) is 10.4. The Morgan fingerprint density at radius 3 is 2.02 bits per heavy atom. The van der Waals surface area contributed by atoms with E-state index in [0.717, 1.165) is 81.2 Å². The number of nitrogens with one attached hydrogen (secondary N) is 2. The number of benzene rings is 2. The molecule has 0 aliphatic carbocycles. The first-order valence-electron chi connectivity index (χ1n) is 15.7. The molecule has 0 atom stereocenters. The van der Waals surface area contributed by atoms with Crippen molar-refractivity contribution in [3.63, 3.8) is 0 Å². The van der Waals surface area contributed by atoms with Gasteiger partial charge in [0.2, 0.25) is 0 Å². The Hall–Kier alpha value is -3.37. The van der Waals surface area contributed by atoms with Crippen molar-refractivity contribution in [3.05, 3.63) is 86.8 Å². The second kappa shape index (κ2) is 17.8. The summed E-state index contributed by atoms with van der Waals surface area (Å²) in [5.41, 5.74) is 8.77. The number of carbonyl (C=O) groups excluding carboxylic acids is 2. The van der Waals surface area contributed by atoms with Gasteiger partial charge in [-0.15, -0.1) is 11.3 Å². The van der Waals surface area contributed by atoms with Gasteiger partial charge in [-0.2, -0.15) is 5.10 Å². The summed E-state index contributed by atoms with van der Waals surface area (Å²) in [5, 5.41) is 9.52. The minimum atomic E-state index is -0.357. The standard InChI is InChI=1S/C35H50N6O2S/c1-8-39(9-2)17-19-41(20-18-40(10-3)11-4)24-30-13-12-14-31(22-30)33(42)37-35-32(28(7)25-44-35)34(43)38-36-23-29-16-15-26(5)27(6)21-29/h12-16,21-23,25H,8-11,17-20,24H2,1-7H3,(H,37,42)(H,38,43)/b36-23+. The van der Waals surface area contributed by atoms with Crippen LogP contribution in [-0.2, 0) is 6.54 Å². The Labute approximate surface area is 268 Å². The molecule has 1 heterocycles. The summed E-state index contributed by atoms with van der Waals surface area (Å²) in [6.45, 7) is 23.7. The first-order valence-corrected chi connectivity index (χ1v) is 16.6. The lowest BCUT2D eigenvalue weighted by molar-refractivity contribution is 0.0956. The number of hydrogen-bond acceptors (Lipinski definition) is 7. The molecule has 0 unspecified atom stereocenters. The monoisotopic (exact) mass is 618 g/mol. The van der Waals surface area contributed by atoms with Crippen molar-refractivity contribution in [1.29, 1.82) is 0 Å². The average Bonchev–Trinajstić information content (AvgIpc) is 3.39. The summed E-state index contributed by atoms with van der Waals surface area (Å²) < 4.78 is 0. The third-order valence-electron chi connectivity index (χ3n) is 8.19. The van der Waals surface area contributed by atoms with Gasteiger partial charge in [-0.3, -0.25) is 14.5 Å². The first kappa shape index (κ1) is 35.1. The second-order valence-electron chi connectivity index (χ2n) is 11.2. The number of hydrazone groups is 1. The lowest BCUT2D eigenvalue weighted by atomic mass is 10.1. The van der Waals surface area contributed by atoms with E-state index in [0.29, 0.717) is 16.1 Å². The second-order valence-corrected chi connectivity index (χ2v) is 12.0. The number of anilines is 1. The summed E-state index contributed by atoms with van der Waals surface area (Å²) >= 11 is 1.34. The van der Waals surface area contributed by atoms with Gasteiger partial charge in [0.25, 0.3) is 11.8 Å². The average molecular weight is 619 g/mol. The van der Waals surface area contributed by atoms with Crippen LogP contribution in [0.5, 0.6) is 0 Å². The highest BCUT2D eigenvalue weighted by Gasteiger charge is 2.19. The number of rotatable bonds is 17. The molecule has 2 N–H and O–H groups in total. The number of carbonyl (C=O) groups is 2. The Morgan fingerprint density at radius 2 is 1.41 bits per heavy atom. The van der Waals surface area contributed by atoms with Crippen molar-refractivity contribution >= 4 is 34.4 Å². The Kier molecular flexibility index (Phi) is 14.2. The SMILES string of the molecule is CCN(CC)CCN(CCN(CC)CC)Cc1cccc(C(=O)Nc2scc(C)c2C(=O)N/N=C/c2ccc(C)c(C)c2)c1. The van der Waals surface area contributed by atoms with Gasteiger partial charge in [-0.05, 0) is 92.3 Å². The summed E-state index contributed by atoms with van der Waals surface area (Å²) in [5.74, 6) is -0.593. The molecule has 0 bridgehead atoms. The zero-order chi connectivity index (χ0) is 32.1. The number of aryl methyl sites for hydroxylation is 3. The minimum absolute atomic E-state index is 0.237. The van der Waals surface area contributed by atoms with Crippen LogP contribution in [0.4, 0.5) is 5.00 Å². The van der Waals surface area contributed by atoms with Gasteiger partial charge in [0.15, 0.2) is 0 Å². The smallest absolute Gasteiger partial charge is 0.274 e. The molecule has 0 saturated carbocycles. The molecule has 1 aromatic heterocycles. The lowest BCUT2D eigenvalue weighted by Crippen LogP contribution is -2.39. The molecular formula is C35H50N6O2S. The van der Waals surface area contributed by atoms with E-state index in [1.165, 1.54) is 16.9 Å². The molecule has 0 spiro atoms. The predicted octanol–water partition coefficient (Wildman–Crippen LogP) is 6.18. The normalized spacial score (nSPS) is 11.7. The van der Waals surface area contributed by atoms with Crippen molar-refractivity contribution in [2.45, 2.75) is 55.0 Å². The molecule has 2 aromatic carbocycles. The summed E-state index contributed by atoms with van der Waals surface area (Å²) in [6.07, 6.45) is 1.63. The van der Waals surface area contributed by atoms with E-state index >= 15 is 0 Å². The van der Waals surface area contributed by atoms with Crippen molar-refractivity contribution in [2.75, 3.05) is 57.7 Å². The molecule has 0 saturated heterocycles. The van der Waals surface area contributed by atoms with Gasteiger partial charge in [0, 0.05) is 38.3 Å². The molecule has 0 fully saturated rings. The van der Waals surface area contributed by atoms with Crippen LogP contribution in [0.2, 0.25) is 0 Å². The molecule has 3 rings (SSSR count). The zero-order valence-electron chi connectivity index (χ0n) is 27.6. The Balaban J connectivity index is 1.69. The maximum atomic E-state index is 13.4. The van der Waals surface area contributed by atoms with Crippen LogP contribution in [0, 0.1) is 20.8 Å². The van der Waals surface area contributed by atoms with Crippen LogP contribution in [0.3, 0.4) is 0 Å². The molecule has 8 nitrogen and oxygen atoms in total. The van der Waals surface area contributed by atoms with Gasteiger partial charge in [-0.25, -0.2) is 5.43 Å². The van der Waals surface area contributed by atoms with Crippen molar-refractivity contribution < 1.29 is 9.59 Å². The first-order chi connectivity index (χ1) is 21.2. The van der Waals surface area contributed by atoms with Crippen molar-refractivity contribution in [3.8, 4) is 0 Å². The predicted molar refractivity (Wildman–Crippen MR) is 185 cm³/mol. The Morgan fingerprint density at radius 1 is 0.773 bits per heavy atom. The van der Waals surface area contributed by atoms with Crippen LogP contribution in [0.1, 0.15) is 76.2 Å². The molecule has 3 aromatic rings. The highest BCUT2D eigenvalue weighted by molar-refractivity contribution is 7.15. The van der Waals surface area contributed by atoms with Gasteiger partial charge in [0.05, 0.1) is 11.8 Å². The molecule has 238 valence electrons. The number of hydrogen-bond donors (Lipinski definition) is 2. The van der Waals surface area contributed by atoms with E-state index in [4.69, 9.17) is 0 Å². The third-order valence-corrected chi connectivity index (χ3v) is 9.20. The molecule has 0 radical (unpaired) electrons. The number of likely N-dealkylation sites (N-methyl/N-ethyl adjacent to an activating group) is 2. The highest BCUT2D eigenvalue weighted by atomic mass is 32.1. The number of thiophene rings is 1. The molecule has 0 aliphatic heterocycles. The number of amides is 2. The lowest BCUT2D eigenvalue weighted by Gasteiger charge is -2.29. The fourth-order valence-electron chi connectivity index (χ4n) is 5.04. The van der Waals surface area contributed by atoms with E-state index in [1.54, 1.807) is 6.21 Å². The number of nitrogens with zero attached hydrogens (tertiary/aromatic N) is 4. The van der Waals surface area contributed by atoms with Gasteiger partial charge in [0.1, 0.15) is 5.00 Å². The molecule has 9 heteroatoms. The maximum Gasteiger partial charge on any atom is 0.274 e. The van der Waals surface area contributed by atoms with Gasteiger partial charge >= 0.3 is 0 Å². The van der Waals surface area contributed by atoms with E-state index in [1.807, 2.05) is 55.6 Å². The Bertz CT molecular complexity index is 1380.